The van der Waals surface area contributed by atoms with E-state index in [2.05, 4.69) is 19.1 Å². The van der Waals surface area contributed by atoms with Crippen LogP contribution in [-0.4, -0.2) is 35.1 Å². The van der Waals surface area contributed by atoms with Gasteiger partial charge in [-0.15, -0.1) is 0 Å². The molecule has 0 aliphatic heterocycles. The summed E-state index contributed by atoms with van der Waals surface area (Å²) in [5, 5.41) is 9.08. The second-order valence-corrected chi connectivity index (χ2v) is 5.27. The molecule has 1 aromatic rings. The van der Waals surface area contributed by atoms with Crippen LogP contribution in [0.15, 0.2) is 30.3 Å². The van der Waals surface area contributed by atoms with Gasteiger partial charge in [-0.1, -0.05) is 31.2 Å². The molecule has 0 bridgehead atoms. The number of aliphatic hydroxyl groups is 1. The van der Waals surface area contributed by atoms with E-state index < -0.39 is 0 Å². The summed E-state index contributed by atoms with van der Waals surface area (Å²) in [6.07, 6.45) is 7.80. The lowest BCUT2D eigenvalue weighted by Gasteiger charge is -2.36. The summed E-state index contributed by atoms with van der Waals surface area (Å²) < 4.78 is 0. The van der Waals surface area contributed by atoms with Gasteiger partial charge in [-0.25, -0.2) is 0 Å². The lowest BCUT2D eigenvalue weighted by molar-refractivity contribution is -0.130. The third-order valence-electron chi connectivity index (χ3n) is 3.95. The molecular formula is C17H23NO2. The average molecular weight is 273 g/mol. The SMILES string of the molecule is CCc1ccc(/C=C/C(=O)N(CCO)C2CCC2)cc1. The Kier molecular flexibility index (Phi) is 5.36. The quantitative estimate of drug-likeness (QED) is 0.809. The van der Waals surface area contributed by atoms with Gasteiger partial charge in [0.15, 0.2) is 0 Å². The van der Waals surface area contributed by atoms with Crippen LogP contribution in [0.3, 0.4) is 0 Å². The van der Waals surface area contributed by atoms with Gasteiger partial charge in [0.05, 0.1) is 6.61 Å². The van der Waals surface area contributed by atoms with E-state index in [0.29, 0.717) is 12.6 Å². The molecule has 1 aliphatic rings. The highest BCUT2D eigenvalue weighted by atomic mass is 16.3. The van der Waals surface area contributed by atoms with Gasteiger partial charge in [-0.3, -0.25) is 4.79 Å². The van der Waals surface area contributed by atoms with E-state index in [0.717, 1.165) is 24.8 Å². The first-order valence-corrected chi connectivity index (χ1v) is 7.43. The van der Waals surface area contributed by atoms with E-state index in [1.54, 1.807) is 11.0 Å². The summed E-state index contributed by atoms with van der Waals surface area (Å²) in [5.74, 6) is 0.00307. The number of carbonyl (C=O) groups is 1. The number of carbonyl (C=O) groups excluding carboxylic acids is 1. The Morgan fingerprint density at radius 3 is 2.55 bits per heavy atom. The number of amides is 1. The zero-order valence-electron chi connectivity index (χ0n) is 12.1. The normalized spacial score (nSPS) is 15.3. The van der Waals surface area contributed by atoms with E-state index >= 15 is 0 Å². The fourth-order valence-corrected chi connectivity index (χ4v) is 2.41. The molecule has 0 radical (unpaired) electrons. The number of aliphatic hydroxyl groups excluding tert-OH is 1. The van der Waals surface area contributed by atoms with Gasteiger partial charge in [0.25, 0.3) is 0 Å². The maximum Gasteiger partial charge on any atom is 0.246 e. The molecule has 0 heterocycles. The van der Waals surface area contributed by atoms with Gasteiger partial charge in [-0.05, 0) is 42.9 Å². The molecule has 20 heavy (non-hydrogen) atoms. The van der Waals surface area contributed by atoms with E-state index in [4.69, 9.17) is 5.11 Å². The molecular weight excluding hydrogens is 250 g/mol. The van der Waals surface area contributed by atoms with Gasteiger partial charge in [0, 0.05) is 18.7 Å². The highest BCUT2D eigenvalue weighted by Gasteiger charge is 2.26. The number of nitrogens with zero attached hydrogens (tertiary/aromatic N) is 1. The van der Waals surface area contributed by atoms with Gasteiger partial charge in [-0.2, -0.15) is 0 Å². The van der Waals surface area contributed by atoms with E-state index in [1.807, 2.05) is 18.2 Å². The van der Waals surface area contributed by atoms with Crippen molar-refractivity contribution in [1.82, 2.24) is 4.90 Å². The Bertz CT molecular complexity index is 460. The van der Waals surface area contributed by atoms with Crippen molar-refractivity contribution < 1.29 is 9.90 Å². The average Bonchev–Trinajstić information content (AvgIpc) is 2.43. The zero-order chi connectivity index (χ0) is 14.4. The number of rotatable bonds is 6. The molecule has 1 aliphatic carbocycles. The van der Waals surface area contributed by atoms with Crippen LogP contribution < -0.4 is 0 Å². The van der Waals surface area contributed by atoms with E-state index in [-0.39, 0.29) is 12.5 Å². The molecule has 1 N–H and O–H groups in total. The van der Waals surface area contributed by atoms with E-state index in [1.165, 1.54) is 12.0 Å². The predicted octanol–water partition coefficient (Wildman–Crippen LogP) is 2.64. The summed E-state index contributed by atoms with van der Waals surface area (Å²) in [5.41, 5.74) is 2.33. The first kappa shape index (κ1) is 14.8. The summed E-state index contributed by atoms with van der Waals surface area (Å²) in [6, 6.07) is 8.55. The smallest absolute Gasteiger partial charge is 0.246 e. The van der Waals surface area contributed by atoms with Crippen LogP contribution >= 0.6 is 0 Å². The second-order valence-electron chi connectivity index (χ2n) is 5.27. The number of benzene rings is 1. The fraction of sp³-hybridized carbons (Fsp3) is 0.471. The summed E-state index contributed by atoms with van der Waals surface area (Å²) in [7, 11) is 0. The van der Waals surface area contributed by atoms with Crippen molar-refractivity contribution in [3.63, 3.8) is 0 Å². The van der Waals surface area contributed by atoms with Crippen molar-refractivity contribution in [2.45, 2.75) is 38.6 Å². The first-order valence-electron chi connectivity index (χ1n) is 7.43. The maximum absolute atomic E-state index is 12.2. The van der Waals surface area contributed by atoms with Gasteiger partial charge >= 0.3 is 0 Å². The Morgan fingerprint density at radius 1 is 1.35 bits per heavy atom. The Labute approximate surface area is 120 Å². The van der Waals surface area contributed by atoms with E-state index in [9.17, 15) is 4.79 Å². The summed E-state index contributed by atoms with van der Waals surface area (Å²) >= 11 is 0. The lowest BCUT2D eigenvalue weighted by Crippen LogP contribution is -2.44. The molecule has 108 valence electrons. The fourth-order valence-electron chi connectivity index (χ4n) is 2.41. The molecule has 2 rings (SSSR count). The highest BCUT2D eigenvalue weighted by molar-refractivity contribution is 5.92. The largest absolute Gasteiger partial charge is 0.395 e. The molecule has 0 saturated heterocycles. The van der Waals surface area contributed by atoms with Crippen LogP contribution in [0.1, 0.15) is 37.3 Å². The maximum atomic E-state index is 12.2. The Hall–Kier alpha value is -1.61. The molecule has 0 atom stereocenters. The molecule has 1 amide bonds. The minimum absolute atomic E-state index is 0.00307. The molecule has 1 aromatic carbocycles. The molecule has 3 heteroatoms. The number of hydrogen-bond acceptors (Lipinski definition) is 2. The van der Waals surface area contributed by atoms with Crippen LogP contribution in [0, 0.1) is 0 Å². The van der Waals surface area contributed by atoms with Crippen LogP contribution in [-0.2, 0) is 11.2 Å². The molecule has 1 saturated carbocycles. The third-order valence-corrected chi connectivity index (χ3v) is 3.95. The van der Waals surface area contributed by atoms with Gasteiger partial charge < -0.3 is 10.0 Å². The molecule has 0 unspecified atom stereocenters. The summed E-state index contributed by atoms with van der Waals surface area (Å²) in [4.78, 5) is 14.0. The van der Waals surface area contributed by atoms with Crippen LogP contribution in [0.2, 0.25) is 0 Å². The second kappa shape index (κ2) is 7.25. The molecule has 1 fully saturated rings. The van der Waals surface area contributed by atoms with Crippen molar-refractivity contribution in [3.8, 4) is 0 Å². The van der Waals surface area contributed by atoms with Crippen LogP contribution in [0.5, 0.6) is 0 Å². The van der Waals surface area contributed by atoms with Crippen molar-refractivity contribution in [3.05, 3.63) is 41.5 Å². The molecule has 0 spiro atoms. The van der Waals surface area contributed by atoms with Crippen molar-refractivity contribution in [2.75, 3.05) is 13.2 Å². The van der Waals surface area contributed by atoms with Gasteiger partial charge in [0.1, 0.15) is 0 Å². The summed E-state index contributed by atoms with van der Waals surface area (Å²) in [6.45, 7) is 2.59. The van der Waals surface area contributed by atoms with Crippen molar-refractivity contribution in [2.24, 2.45) is 0 Å². The number of hydrogen-bond donors (Lipinski definition) is 1. The van der Waals surface area contributed by atoms with Crippen LogP contribution in [0.4, 0.5) is 0 Å². The number of aryl methyl sites for hydroxylation is 1. The topological polar surface area (TPSA) is 40.5 Å². The minimum atomic E-state index is 0.00307. The minimum Gasteiger partial charge on any atom is -0.395 e. The Balaban J connectivity index is 1.98. The Morgan fingerprint density at radius 2 is 2.05 bits per heavy atom. The third kappa shape index (κ3) is 3.70. The van der Waals surface area contributed by atoms with Crippen LogP contribution in [0.25, 0.3) is 6.08 Å². The standard InChI is InChI=1S/C17H23NO2/c1-2-14-6-8-15(9-7-14)10-11-17(20)18(12-13-19)16-4-3-5-16/h6-11,16,19H,2-5,12-13H2,1H3/b11-10+. The monoisotopic (exact) mass is 273 g/mol. The zero-order valence-corrected chi connectivity index (χ0v) is 12.1. The van der Waals surface area contributed by atoms with Gasteiger partial charge in [0.2, 0.25) is 5.91 Å². The first-order chi connectivity index (χ1) is 9.74. The predicted molar refractivity (Wildman–Crippen MR) is 81.3 cm³/mol. The molecule has 3 nitrogen and oxygen atoms in total. The molecule has 0 aromatic heterocycles. The highest BCUT2D eigenvalue weighted by Crippen LogP contribution is 2.24. The van der Waals surface area contributed by atoms with Crippen molar-refractivity contribution in [1.29, 1.82) is 0 Å². The lowest BCUT2D eigenvalue weighted by atomic mass is 9.91. The van der Waals surface area contributed by atoms with Crippen molar-refractivity contribution >= 4 is 12.0 Å².